The zero-order valence-corrected chi connectivity index (χ0v) is 7.41. The summed E-state index contributed by atoms with van der Waals surface area (Å²) in [6, 6.07) is 3.80. The number of benzene rings is 1. The number of alkyl halides is 3. The minimum atomic E-state index is -4.39. The third-order valence-corrected chi connectivity index (χ3v) is 1.95. The summed E-state index contributed by atoms with van der Waals surface area (Å²) in [4.78, 5) is 0. The monoisotopic (exact) mass is 210 g/mol. The first-order chi connectivity index (χ1) is 5.95. The molecule has 0 atom stereocenters. The highest BCUT2D eigenvalue weighted by Gasteiger charge is 2.33. The lowest BCUT2D eigenvalue weighted by molar-refractivity contribution is -0.386. The zero-order valence-electron chi connectivity index (χ0n) is 6.66. The predicted octanol–water partition coefficient (Wildman–Crippen LogP) is 2.10. The molecule has 5 heteroatoms. The molecule has 0 unspecified atom stereocenters. The van der Waals surface area contributed by atoms with E-state index < -0.39 is 11.7 Å². The van der Waals surface area contributed by atoms with E-state index in [0.717, 1.165) is 6.07 Å². The van der Waals surface area contributed by atoms with Gasteiger partial charge in [-0.2, -0.15) is 13.2 Å². The molecule has 0 aliphatic carbocycles. The van der Waals surface area contributed by atoms with Gasteiger partial charge in [-0.25, -0.2) is 0 Å². The third-order valence-electron chi connectivity index (χ3n) is 1.62. The Hall–Kier alpha value is -0.740. The molecule has 1 aromatic carbocycles. The maximum absolute atomic E-state index is 12.3. The van der Waals surface area contributed by atoms with Crippen molar-refractivity contribution >= 4 is 11.6 Å². The molecular weight excluding hydrogens is 203 g/mol. The van der Waals surface area contributed by atoms with Crippen LogP contribution in [0.5, 0.6) is 0 Å². The molecule has 0 aliphatic rings. The van der Waals surface area contributed by atoms with Crippen LogP contribution < -0.4 is 5.73 Å². The first-order valence-corrected chi connectivity index (χ1v) is 3.98. The third kappa shape index (κ3) is 2.35. The van der Waals surface area contributed by atoms with Crippen LogP contribution in [-0.2, 0) is 12.7 Å². The largest absolute Gasteiger partial charge is 0.417 e. The van der Waals surface area contributed by atoms with E-state index in [9.17, 15) is 13.2 Å². The average molecular weight is 211 g/mol. The molecule has 0 aliphatic heterocycles. The van der Waals surface area contributed by atoms with Gasteiger partial charge in [0.25, 0.3) is 0 Å². The molecule has 1 rings (SSSR count). The van der Waals surface area contributed by atoms with Crippen molar-refractivity contribution in [2.75, 3.05) is 0 Å². The molecule has 1 aromatic rings. The van der Waals surface area contributed by atoms with Crippen LogP contribution in [0.1, 0.15) is 11.1 Å². The number of quaternary nitrogens is 1. The van der Waals surface area contributed by atoms with Crippen LogP contribution in [-0.4, -0.2) is 0 Å². The Morgan fingerprint density at radius 3 is 2.38 bits per heavy atom. The minimum Gasteiger partial charge on any atom is -0.354 e. The van der Waals surface area contributed by atoms with Crippen LogP contribution in [0.2, 0.25) is 5.02 Å². The summed E-state index contributed by atoms with van der Waals surface area (Å²) in [5, 5.41) is -0.273. The molecule has 0 saturated heterocycles. The van der Waals surface area contributed by atoms with Gasteiger partial charge in [0.15, 0.2) is 0 Å². The van der Waals surface area contributed by atoms with E-state index in [0.29, 0.717) is 12.1 Å². The van der Waals surface area contributed by atoms with Crippen molar-refractivity contribution in [1.82, 2.24) is 0 Å². The number of rotatable bonds is 1. The van der Waals surface area contributed by atoms with Crippen LogP contribution in [0.4, 0.5) is 13.2 Å². The first-order valence-electron chi connectivity index (χ1n) is 3.60. The quantitative estimate of drug-likeness (QED) is 0.735. The average Bonchev–Trinajstić information content (AvgIpc) is 2.03. The van der Waals surface area contributed by atoms with Crippen molar-refractivity contribution in [1.29, 1.82) is 0 Å². The van der Waals surface area contributed by atoms with Gasteiger partial charge in [0, 0.05) is 5.56 Å². The smallest absolute Gasteiger partial charge is 0.354 e. The fourth-order valence-corrected chi connectivity index (χ4v) is 1.17. The van der Waals surface area contributed by atoms with Gasteiger partial charge in [0.05, 0.1) is 17.1 Å². The van der Waals surface area contributed by atoms with Crippen molar-refractivity contribution in [2.45, 2.75) is 12.7 Å². The molecular formula is C8H8ClF3N+. The second-order valence-corrected chi connectivity index (χ2v) is 2.97. The van der Waals surface area contributed by atoms with Gasteiger partial charge < -0.3 is 5.73 Å². The van der Waals surface area contributed by atoms with Crippen LogP contribution in [0.3, 0.4) is 0 Å². The van der Waals surface area contributed by atoms with Crippen LogP contribution >= 0.6 is 11.6 Å². The maximum Gasteiger partial charge on any atom is 0.417 e. The molecule has 0 bridgehead atoms. The van der Waals surface area contributed by atoms with Gasteiger partial charge in [-0.15, -0.1) is 0 Å². The fourth-order valence-electron chi connectivity index (χ4n) is 0.945. The predicted molar refractivity (Wildman–Crippen MR) is 43.0 cm³/mol. The summed E-state index contributed by atoms with van der Waals surface area (Å²) in [5.41, 5.74) is 3.23. The molecule has 0 amide bonds. The highest BCUT2D eigenvalue weighted by atomic mass is 35.5. The lowest BCUT2D eigenvalue weighted by Crippen LogP contribution is -2.47. The maximum atomic E-state index is 12.3. The van der Waals surface area contributed by atoms with Gasteiger partial charge in [0.1, 0.15) is 0 Å². The zero-order chi connectivity index (χ0) is 10.1. The highest BCUT2D eigenvalue weighted by Crippen LogP contribution is 2.34. The Labute approximate surface area is 78.3 Å². The molecule has 0 saturated carbocycles. The SMILES string of the molecule is [NH3+]Cc1ccc(Cl)c(C(F)(F)F)c1. The van der Waals surface area contributed by atoms with Crippen molar-refractivity contribution in [2.24, 2.45) is 0 Å². The van der Waals surface area contributed by atoms with E-state index in [1.165, 1.54) is 12.1 Å². The van der Waals surface area contributed by atoms with E-state index in [1.54, 1.807) is 0 Å². The van der Waals surface area contributed by atoms with E-state index in [2.05, 4.69) is 5.73 Å². The summed E-state index contributed by atoms with van der Waals surface area (Å²) >= 11 is 5.40. The van der Waals surface area contributed by atoms with Crippen molar-refractivity contribution < 1.29 is 18.9 Å². The molecule has 0 spiro atoms. The first kappa shape index (κ1) is 10.3. The van der Waals surface area contributed by atoms with Gasteiger partial charge in [-0.05, 0) is 12.1 Å². The van der Waals surface area contributed by atoms with E-state index in [1.807, 2.05) is 0 Å². The van der Waals surface area contributed by atoms with Crippen LogP contribution in [0.25, 0.3) is 0 Å². The van der Waals surface area contributed by atoms with Crippen molar-refractivity contribution in [3.63, 3.8) is 0 Å². The van der Waals surface area contributed by atoms with Gasteiger partial charge in [-0.1, -0.05) is 17.7 Å². The van der Waals surface area contributed by atoms with Gasteiger partial charge in [-0.3, -0.25) is 0 Å². The molecule has 0 heterocycles. The Kier molecular flexibility index (Phi) is 2.83. The number of halogens is 4. The second-order valence-electron chi connectivity index (χ2n) is 2.56. The summed E-state index contributed by atoms with van der Waals surface area (Å²) in [6.45, 7) is 0.320. The topological polar surface area (TPSA) is 27.6 Å². The van der Waals surface area contributed by atoms with Crippen molar-refractivity contribution in [3.8, 4) is 0 Å². The fraction of sp³-hybridized carbons (Fsp3) is 0.250. The Morgan fingerprint density at radius 1 is 1.31 bits per heavy atom. The molecule has 0 radical (unpaired) electrons. The molecule has 3 N–H and O–H groups in total. The van der Waals surface area contributed by atoms with Gasteiger partial charge >= 0.3 is 6.18 Å². The standard InChI is InChI=1S/C8H7ClF3N/c9-7-2-1-5(4-13)3-6(7)8(10,11)12/h1-3H,4,13H2/p+1. The summed E-state index contributed by atoms with van der Waals surface area (Å²) in [7, 11) is 0. The molecule has 0 aromatic heterocycles. The molecule has 1 nitrogen and oxygen atoms in total. The van der Waals surface area contributed by atoms with E-state index in [4.69, 9.17) is 11.6 Å². The lowest BCUT2D eigenvalue weighted by atomic mass is 10.1. The van der Waals surface area contributed by atoms with Gasteiger partial charge in [0.2, 0.25) is 0 Å². The molecule has 72 valence electrons. The van der Waals surface area contributed by atoms with Crippen LogP contribution in [0.15, 0.2) is 18.2 Å². The van der Waals surface area contributed by atoms with E-state index in [-0.39, 0.29) is 5.02 Å². The van der Waals surface area contributed by atoms with Crippen molar-refractivity contribution in [3.05, 3.63) is 34.3 Å². The Balaban J connectivity index is 3.19. The normalized spacial score (nSPS) is 11.8. The second kappa shape index (κ2) is 3.55. The summed E-state index contributed by atoms with van der Waals surface area (Å²) in [5.74, 6) is 0. The number of hydrogen-bond donors (Lipinski definition) is 1. The Morgan fingerprint density at radius 2 is 1.92 bits per heavy atom. The molecule has 0 fully saturated rings. The molecule has 13 heavy (non-hydrogen) atoms. The number of hydrogen-bond acceptors (Lipinski definition) is 0. The highest BCUT2D eigenvalue weighted by molar-refractivity contribution is 6.31. The Bertz CT molecular complexity index is 309. The van der Waals surface area contributed by atoms with Crippen LogP contribution in [0, 0.1) is 0 Å². The minimum absolute atomic E-state index is 0.273. The summed E-state index contributed by atoms with van der Waals surface area (Å²) < 4.78 is 36.8. The lowest BCUT2D eigenvalue weighted by Gasteiger charge is -2.09. The van der Waals surface area contributed by atoms with E-state index >= 15 is 0 Å². The summed E-state index contributed by atoms with van der Waals surface area (Å²) in [6.07, 6.45) is -4.39.